The Hall–Kier alpha value is -2.06. The minimum Gasteiger partial charge on any atom is -0.445 e. The molecule has 1 aliphatic heterocycles. The van der Waals surface area contributed by atoms with Crippen LogP contribution in [0.1, 0.15) is 18.4 Å². The standard InChI is InChI=1S/C15H19N3O2/c16-8-6-13-10-17-9-7-14(13)18-15(19)20-11-12-4-2-1-3-5-12/h1-5,13-14,17H,6-7,9-11H2,(H,18,19)/t13-,14+/m0/s1. The van der Waals surface area contributed by atoms with Crippen molar-refractivity contribution in [3.05, 3.63) is 35.9 Å². The molecule has 1 saturated heterocycles. The zero-order valence-electron chi connectivity index (χ0n) is 11.3. The van der Waals surface area contributed by atoms with Crippen molar-refractivity contribution in [1.82, 2.24) is 10.6 Å². The first-order valence-electron chi connectivity index (χ1n) is 6.84. The second-order valence-electron chi connectivity index (χ2n) is 4.93. The van der Waals surface area contributed by atoms with Crippen molar-refractivity contribution < 1.29 is 9.53 Å². The van der Waals surface area contributed by atoms with Crippen molar-refractivity contribution >= 4 is 6.09 Å². The second kappa shape index (κ2) is 7.51. The number of nitrogens with zero attached hydrogens (tertiary/aromatic N) is 1. The molecular formula is C15H19N3O2. The zero-order valence-corrected chi connectivity index (χ0v) is 11.3. The number of amides is 1. The average molecular weight is 273 g/mol. The number of ether oxygens (including phenoxy) is 1. The first kappa shape index (κ1) is 14.4. The highest BCUT2D eigenvalue weighted by atomic mass is 16.5. The number of carbonyl (C=O) groups excluding carboxylic acids is 1. The molecule has 0 radical (unpaired) electrons. The monoisotopic (exact) mass is 273 g/mol. The topological polar surface area (TPSA) is 74.2 Å². The summed E-state index contributed by atoms with van der Waals surface area (Å²) in [6, 6.07) is 11.7. The molecule has 2 rings (SSSR count). The fourth-order valence-corrected chi connectivity index (χ4v) is 2.36. The zero-order chi connectivity index (χ0) is 14.2. The SMILES string of the molecule is N#CC[C@H]1CNCC[C@H]1NC(=O)OCc1ccccc1. The van der Waals surface area contributed by atoms with Crippen LogP contribution in [-0.4, -0.2) is 25.2 Å². The van der Waals surface area contributed by atoms with E-state index in [1.807, 2.05) is 30.3 Å². The van der Waals surface area contributed by atoms with E-state index in [1.165, 1.54) is 0 Å². The molecular weight excluding hydrogens is 254 g/mol. The Bertz CT molecular complexity index is 470. The maximum Gasteiger partial charge on any atom is 0.407 e. The van der Waals surface area contributed by atoms with Crippen molar-refractivity contribution in [3.8, 4) is 6.07 Å². The fraction of sp³-hybridized carbons (Fsp3) is 0.467. The molecule has 20 heavy (non-hydrogen) atoms. The van der Waals surface area contributed by atoms with Gasteiger partial charge in [0, 0.05) is 24.9 Å². The van der Waals surface area contributed by atoms with Crippen molar-refractivity contribution in [2.24, 2.45) is 5.92 Å². The van der Waals surface area contributed by atoms with Gasteiger partial charge in [-0.1, -0.05) is 30.3 Å². The molecule has 1 heterocycles. The van der Waals surface area contributed by atoms with Gasteiger partial charge in [-0.05, 0) is 18.5 Å². The predicted molar refractivity (Wildman–Crippen MR) is 74.8 cm³/mol. The van der Waals surface area contributed by atoms with Crippen molar-refractivity contribution in [2.45, 2.75) is 25.5 Å². The smallest absolute Gasteiger partial charge is 0.407 e. The van der Waals surface area contributed by atoms with Crippen LogP contribution >= 0.6 is 0 Å². The molecule has 1 fully saturated rings. The molecule has 0 unspecified atom stereocenters. The van der Waals surface area contributed by atoms with Gasteiger partial charge in [0.15, 0.2) is 0 Å². The highest BCUT2D eigenvalue weighted by molar-refractivity contribution is 5.67. The maximum atomic E-state index is 11.8. The normalized spacial score (nSPS) is 21.8. The quantitative estimate of drug-likeness (QED) is 0.877. The highest BCUT2D eigenvalue weighted by Crippen LogP contribution is 2.15. The Morgan fingerprint density at radius 2 is 2.25 bits per heavy atom. The number of hydrogen-bond acceptors (Lipinski definition) is 4. The summed E-state index contributed by atoms with van der Waals surface area (Å²) in [7, 11) is 0. The number of hydrogen-bond donors (Lipinski definition) is 2. The number of benzene rings is 1. The van der Waals surface area contributed by atoms with Crippen LogP contribution in [0.15, 0.2) is 30.3 Å². The van der Waals surface area contributed by atoms with Crippen LogP contribution in [0.4, 0.5) is 4.79 Å². The molecule has 1 aliphatic rings. The van der Waals surface area contributed by atoms with Gasteiger partial charge in [-0.2, -0.15) is 5.26 Å². The molecule has 2 N–H and O–H groups in total. The maximum absolute atomic E-state index is 11.8. The van der Waals surface area contributed by atoms with Gasteiger partial charge >= 0.3 is 6.09 Å². The summed E-state index contributed by atoms with van der Waals surface area (Å²) >= 11 is 0. The van der Waals surface area contributed by atoms with Gasteiger partial charge in [0.1, 0.15) is 6.61 Å². The van der Waals surface area contributed by atoms with Crippen LogP contribution < -0.4 is 10.6 Å². The number of piperidine rings is 1. The van der Waals surface area contributed by atoms with Crippen LogP contribution in [0.3, 0.4) is 0 Å². The summed E-state index contributed by atoms with van der Waals surface area (Å²) in [5.41, 5.74) is 0.960. The molecule has 1 aromatic carbocycles. The molecule has 1 aromatic rings. The second-order valence-corrected chi connectivity index (χ2v) is 4.93. The first-order chi connectivity index (χ1) is 9.79. The molecule has 0 bridgehead atoms. The molecule has 1 amide bonds. The van der Waals surface area contributed by atoms with E-state index < -0.39 is 6.09 Å². The minimum atomic E-state index is -0.413. The lowest BCUT2D eigenvalue weighted by molar-refractivity contribution is 0.128. The van der Waals surface area contributed by atoms with Crippen molar-refractivity contribution in [2.75, 3.05) is 13.1 Å². The first-order valence-corrected chi connectivity index (χ1v) is 6.84. The lowest BCUT2D eigenvalue weighted by atomic mass is 9.91. The number of rotatable bonds is 4. The van der Waals surface area contributed by atoms with Gasteiger partial charge < -0.3 is 15.4 Å². The van der Waals surface area contributed by atoms with Crippen LogP contribution in [0.2, 0.25) is 0 Å². The van der Waals surface area contributed by atoms with Gasteiger partial charge in [-0.3, -0.25) is 0 Å². The summed E-state index contributed by atoms with van der Waals surface area (Å²) in [5.74, 6) is 0.151. The van der Waals surface area contributed by atoms with Crippen molar-refractivity contribution in [3.63, 3.8) is 0 Å². The van der Waals surface area contributed by atoms with E-state index in [4.69, 9.17) is 10.00 Å². The minimum absolute atomic E-state index is 0.0131. The Kier molecular flexibility index (Phi) is 5.39. The van der Waals surface area contributed by atoms with Crippen LogP contribution in [0.5, 0.6) is 0 Å². The average Bonchev–Trinajstić information content (AvgIpc) is 2.49. The molecule has 0 spiro atoms. The molecule has 106 valence electrons. The Labute approximate surface area is 118 Å². The summed E-state index contributed by atoms with van der Waals surface area (Å²) in [5, 5.41) is 14.9. The van der Waals surface area contributed by atoms with E-state index in [-0.39, 0.29) is 18.6 Å². The van der Waals surface area contributed by atoms with Crippen LogP contribution in [0, 0.1) is 17.2 Å². The molecule has 5 nitrogen and oxygen atoms in total. The van der Waals surface area contributed by atoms with Crippen LogP contribution in [0.25, 0.3) is 0 Å². The van der Waals surface area contributed by atoms with Gasteiger partial charge in [-0.25, -0.2) is 4.79 Å². The Balaban J connectivity index is 1.79. The Morgan fingerprint density at radius 3 is 3.00 bits per heavy atom. The fourth-order valence-electron chi connectivity index (χ4n) is 2.36. The largest absolute Gasteiger partial charge is 0.445 e. The van der Waals surface area contributed by atoms with Gasteiger partial charge in [0.2, 0.25) is 0 Å². The van der Waals surface area contributed by atoms with E-state index >= 15 is 0 Å². The van der Waals surface area contributed by atoms with E-state index in [2.05, 4.69) is 16.7 Å². The van der Waals surface area contributed by atoms with Gasteiger partial charge in [0.25, 0.3) is 0 Å². The summed E-state index contributed by atoms with van der Waals surface area (Å²) < 4.78 is 5.20. The molecule has 5 heteroatoms. The van der Waals surface area contributed by atoms with E-state index in [0.717, 1.165) is 25.1 Å². The number of nitrogens with one attached hydrogen (secondary N) is 2. The lowest BCUT2D eigenvalue weighted by Crippen LogP contribution is -2.49. The van der Waals surface area contributed by atoms with E-state index in [0.29, 0.717) is 6.42 Å². The summed E-state index contributed by atoms with van der Waals surface area (Å²) in [4.78, 5) is 11.8. The van der Waals surface area contributed by atoms with Crippen molar-refractivity contribution in [1.29, 1.82) is 5.26 Å². The van der Waals surface area contributed by atoms with E-state index in [1.54, 1.807) is 0 Å². The lowest BCUT2D eigenvalue weighted by Gasteiger charge is -2.30. The summed E-state index contributed by atoms with van der Waals surface area (Å²) in [6.45, 7) is 1.88. The third kappa shape index (κ3) is 4.25. The molecule has 2 atom stereocenters. The third-order valence-electron chi connectivity index (χ3n) is 3.48. The highest BCUT2D eigenvalue weighted by Gasteiger charge is 2.26. The van der Waals surface area contributed by atoms with E-state index in [9.17, 15) is 4.79 Å². The number of alkyl carbamates (subject to hydrolysis) is 1. The molecule has 0 aromatic heterocycles. The Morgan fingerprint density at radius 1 is 1.45 bits per heavy atom. The van der Waals surface area contributed by atoms with Gasteiger partial charge in [0.05, 0.1) is 6.07 Å². The third-order valence-corrected chi connectivity index (χ3v) is 3.48. The van der Waals surface area contributed by atoms with Gasteiger partial charge in [-0.15, -0.1) is 0 Å². The number of nitriles is 1. The number of carbonyl (C=O) groups is 1. The summed E-state index contributed by atoms with van der Waals surface area (Å²) in [6.07, 6.45) is 0.854. The molecule has 0 aliphatic carbocycles. The molecule has 0 saturated carbocycles. The predicted octanol–water partition coefficient (Wildman–Crippen LogP) is 1.80. The van der Waals surface area contributed by atoms with Crippen LogP contribution in [-0.2, 0) is 11.3 Å².